The number of fused-ring (bicyclic) bond motifs is 1. The summed E-state index contributed by atoms with van der Waals surface area (Å²) in [4.78, 5) is 25.4. The molecule has 5 heteroatoms. The monoisotopic (exact) mass is 251 g/mol. The maximum absolute atomic E-state index is 12.4. The normalized spacial score (nSPS) is 40.9. The fraction of sp³-hybridized carbons (Fsp3) is 0.692. The number of amides is 1. The zero-order valence-corrected chi connectivity index (χ0v) is 10.5. The molecule has 2 bridgehead atoms. The maximum atomic E-state index is 12.4. The first-order valence-electron chi connectivity index (χ1n) is 6.33. The number of likely N-dealkylation sites (tertiary alicyclic amines) is 1. The highest BCUT2D eigenvalue weighted by atomic mass is 16.5. The van der Waals surface area contributed by atoms with Crippen LogP contribution >= 0.6 is 0 Å². The van der Waals surface area contributed by atoms with E-state index in [1.165, 1.54) is 0 Å². The molecule has 5 nitrogen and oxygen atoms in total. The Labute approximate surface area is 105 Å². The molecule has 0 aliphatic carbocycles. The van der Waals surface area contributed by atoms with Gasteiger partial charge in [-0.3, -0.25) is 9.59 Å². The van der Waals surface area contributed by atoms with E-state index in [1.807, 2.05) is 19.9 Å². The molecule has 3 rings (SSSR count). The molecule has 98 valence electrons. The highest BCUT2D eigenvalue weighted by Gasteiger charge is 2.66. The highest BCUT2D eigenvalue weighted by Crippen LogP contribution is 2.51. The Kier molecular flexibility index (Phi) is 2.32. The minimum atomic E-state index is -0.934. The molecule has 2 fully saturated rings. The van der Waals surface area contributed by atoms with E-state index in [9.17, 15) is 14.7 Å². The third-order valence-electron chi connectivity index (χ3n) is 4.05. The Morgan fingerprint density at radius 2 is 2.39 bits per heavy atom. The summed E-state index contributed by atoms with van der Waals surface area (Å²) in [5.41, 5.74) is -0.681. The van der Waals surface area contributed by atoms with Gasteiger partial charge >= 0.3 is 5.97 Å². The van der Waals surface area contributed by atoms with Gasteiger partial charge in [-0.05, 0) is 5.92 Å². The largest absolute Gasteiger partial charge is 0.481 e. The van der Waals surface area contributed by atoms with Crippen LogP contribution in [-0.2, 0) is 14.3 Å². The van der Waals surface area contributed by atoms with E-state index < -0.39 is 29.5 Å². The van der Waals surface area contributed by atoms with Gasteiger partial charge in [0.25, 0.3) is 0 Å². The molecule has 3 aliphatic heterocycles. The molecule has 1 amide bonds. The summed E-state index contributed by atoms with van der Waals surface area (Å²) in [5.74, 6) is -1.89. The van der Waals surface area contributed by atoms with Crippen LogP contribution in [0.3, 0.4) is 0 Å². The van der Waals surface area contributed by atoms with E-state index in [0.29, 0.717) is 19.0 Å². The number of carboxylic acids is 1. The molecule has 0 radical (unpaired) electrons. The molecule has 0 aromatic heterocycles. The van der Waals surface area contributed by atoms with Crippen molar-refractivity contribution in [3.63, 3.8) is 0 Å². The Morgan fingerprint density at radius 1 is 1.67 bits per heavy atom. The molecule has 0 aromatic carbocycles. The molecule has 18 heavy (non-hydrogen) atoms. The molecule has 2 saturated heterocycles. The molecule has 1 spiro atoms. The van der Waals surface area contributed by atoms with E-state index in [2.05, 4.69) is 0 Å². The van der Waals surface area contributed by atoms with Crippen molar-refractivity contribution in [2.24, 2.45) is 17.8 Å². The summed E-state index contributed by atoms with van der Waals surface area (Å²) in [7, 11) is 0. The zero-order valence-electron chi connectivity index (χ0n) is 10.5. The summed E-state index contributed by atoms with van der Waals surface area (Å²) in [6.07, 6.45) is 3.25. The van der Waals surface area contributed by atoms with Gasteiger partial charge in [-0.15, -0.1) is 0 Å². The highest BCUT2D eigenvalue weighted by molar-refractivity contribution is 5.90. The number of carbonyl (C=O) groups is 2. The van der Waals surface area contributed by atoms with Gasteiger partial charge in [0.2, 0.25) is 5.91 Å². The van der Waals surface area contributed by atoms with Crippen molar-refractivity contribution >= 4 is 11.9 Å². The number of hydrogen-bond donors (Lipinski definition) is 1. The fourth-order valence-electron chi connectivity index (χ4n) is 3.46. The lowest BCUT2D eigenvalue weighted by Gasteiger charge is -2.22. The smallest absolute Gasteiger partial charge is 0.310 e. The van der Waals surface area contributed by atoms with Gasteiger partial charge in [0.15, 0.2) is 0 Å². The molecule has 3 heterocycles. The van der Waals surface area contributed by atoms with Crippen LogP contribution in [0.2, 0.25) is 0 Å². The molecular weight excluding hydrogens is 234 g/mol. The van der Waals surface area contributed by atoms with Crippen LogP contribution in [0.15, 0.2) is 12.2 Å². The second kappa shape index (κ2) is 3.57. The average Bonchev–Trinajstić information content (AvgIpc) is 2.87. The molecule has 0 aromatic rings. The van der Waals surface area contributed by atoms with Crippen molar-refractivity contribution in [3.8, 4) is 0 Å². The van der Waals surface area contributed by atoms with Gasteiger partial charge in [-0.25, -0.2) is 0 Å². The summed E-state index contributed by atoms with van der Waals surface area (Å²) in [6.45, 7) is 5.24. The van der Waals surface area contributed by atoms with Gasteiger partial charge in [0.05, 0.1) is 18.6 Å². The van der Waals surface area contributed by atoms with Crippen LogP contribution in [-0.4, -0.2) is 46.7 Å². The predicted octanol–water partition coefficient (Wildman–Crippen LogP) is 0.509. The van der Waals surface area contributed by atoms with Crippen molar-refractivity contribution in [1.82, 2.24) is 4.90 Å². The van der Waals surface area contributed by atoms with Gasteiger partial charge < -0.3 is 14.7 Å². The first kappa shape index (κ1) is 11.7. The maximum Gasteiger partial charge on any atom is 0.310 e. The number of ether oxygens (including phenoxy) is 1. The third kappa shape index (κ3) is 1.37. The predicted molar refractivity (Wildman–Crippen MR) is 62.8 cm³/mol. The Bertz CT molecular complexity index is 444. The number of carbonyl (C=O) groups excluding carboxylic acids is 1. The third-order valence-corrected chi connectivity index (χ3v) is 4.05. The van der Waals surface area contributed by atoms with Crippen LogP contribution in [0.4, 0.5) is 0 Å². The molecule has 3 aliphatic rings. The fourth-order valence-corrected chi connectivity index (χ4v) is 3.46. The zero-order chi connectivity index (χ0) is 13.1. The molecular formula is C13H17NO4. The standard InChI is InChI=1S/C13H17NO4/c1-7(2)5-14-6-13-4-3-8(18-13)9(12(16)17)10(13)11(14)15/h3-4,7-10H,5-6H2,1-2H3,(H,16,17)/t8-,9?,10?,13-/m0/s1. The van der Waals surface area contributed by atoms with E-state index in [-0.39, 0.29) is 5.91 Å². The van der Waals surface area contributed by atoms with Gasteiger partial charge in [0.1, 0.15) is 11.5 Å². The second-order valence-electron chi connectivity index (χ2n) is 5.85. The van der Waals surface area contributed by atoms with Crippen LogP contribution < -0.4 is 0 Å². The summed E-state index contributed by atoms with van der Waals surface area (Å²) >= 11 is 0. The van der Waals surface area contributed by atoms with Crippen LogP contribution in [0.25, 0.3) is 0 Å². The van der Waals surface area contributed by atoms with Crippen molar-refractivity contribution in [1.29, 1.82) is 0 Å². The van der Waals surface area contributed by atoms with Crippen LogP contribution in [0.5, 0.6) is 0 Å². The van der Waals surface area contributed by atoms with Gasteiger partial charge in [-0.1, -0.05) is 26.0 Å². The van der Waals surface area contributed by atoms with Crippen LogP contribution in [0.1, 0.15) is 13.8 Å². The lowest BCUT2D eigenvalue weighted by Crippen LogP contribution is -2.39. The number of nitrogens with zero attached hydrogens (tertiary/aromatic N) is 1. The number of aliphatic carboxylic acids is 1. The van der Waals surface area contributed by atoms with Crippen molar-refractivity contribution < 1.29 is 19.4 Å². The van der Waals surface area contributed by atoms with E-state index in [0.717, 1.165) is 0 Å². The topological polar surface area (TPSA) is 66.8 Å². The minimum Gasteiger partial charge on any atom is -0.481 e. The summed E-state index contributed by atoms with van der Waals surface area (Å²) in [5, 5.41) is 9.28. The summed E-state index contributed by atoms with van der Waals surface area (Å²) in [6, 6.07) is 0. The van der Waals surface area contributed by atoms with Crippen molar-refractivity contribution in [2.75, 3.05) is 13.1 Å². The lowest BCUT2D eigenvalue weighted by atomic mass is 9.77. The van der Waals surface area contributed by atoms with Crippen LogP contribution in [0, 0.1) is 17.8 Å². The first-order chi connectivity index (χ1) is 8.44. The van der Waals surface area contributed by atoms with E-state index >= 15 is 0 Å². The number of hydrogen-bond acceptors (Lipinski definition) is 3. The lowest BCUT2D eigenvalue weighted by molar-refractivity contribution is -0.148. The Balaban J connectivity index is 1.92. The summed E-state index contributed by atoms with van der Waals surface area (Å²) < 4.78 is 5.79. The molecule has 4 atom stereocenters. The Morgan fingerprint density at radius 3 is 3.00 bits per heavy atom. The molecule has 0 saturated carbocycles. The minimum absolute atomic E-state index is 0.0667. The quantitative estimate of drug-likeness (QED) is 0.742. The van der Waals surface area contributed by atoms with Gasteiger partial charge in [0, 0.05) is 6.54 Å². The molecule has 2 unspecified atom stereocenters. The second-order valence-corrected chi connectivity index (χ2v) is 5.85. The number of carboxylic acid groups (broad SMARTS) is 1. The first-order valence-corrected chi connectivity index (χ1v) is 6.33. The van der Waals surface area contributed by atoms with Gasteiger partial charge in [-0.2, -0.15) is 0 Å². The average molecular weight is 251 g/mol. The molecule has 1 N–H and O–H groups in total. The van der Waals surface area contributed by atoms with E-state index in [4.69, 9.17) is 4.74 Å². The SMILES string of the molecule is CC(C)CN1C[C@]23C=C[C@H](O2)C(C(=O)O)C3C1=O. The van der Waals surface area contributed by atoms with Crippen molar-refractivity contribution in [3.05, 3.63) is 12.2 Å². The van der Waals surface area contributed by atoms with Crippen molar-refractivity contribution in [2.45, 2.75) is 25.6 Å². The number of rotatable bonds is 3. The van der Waals surface area contributed by atoms with E-state index in [1.54, 1.807) is 11.0 Å². The Hall–Kier alpha value is -1.36.